The number of thiophene rings is 1. The molecular weight excluding hydrogens is 770 g/mol. The lowest BCUT2D eigenvalue weighted by atomic mass is 9.85. The number of rotatable bonds is 3. The Balaban J connectivity index is 1.20. The van der Waals surface area contributed by atoms with Crippen molar-refractivity contribution >= 4 is 116 Å². The molecule has 6 heteroatoms. The van der Waals surface area contributed by atoms with E-state index in [1.807, 2.05) is 0 Å². The van der Waals surface area contributed by atoms with Gasteiger partial charge in [-0.3, -0.25) is 0 Å². The molecule has 0 N–H and O–H groups in total. The van der Waals surface area contributed by atoms with Gasteiger partial charge in [-0.15, -0.1) is 11.3 Å². The number of benzene rings is 8. The molecule has 0 amide bonds. The van der Waals surface area contributed by atoms with Crippen molar-refractivity contribution in [2.75, 3.05) is 9.80 Å². The van der Waals surface area contributed by atoms with E-state index in [4.69, 9.17) is 0 Å². The maximum atomic E-state index is 17.5. The third-order valence-electron chi connectivity index (χ3n) is 12.9. The summed E-state index contributed by atoms with van der Waals surface area (Å²) in [6.07, 6.45) is 0. The second kappa shape index (κ2) is 12.0. The van der Waals surface area contributed by atoms with E-state index in [9.17, 15) is 0 Å². The Morgan fingerprint density at radius 3 is 1.85 bits per heavy atom. The van der Waals surface area contributed by atoms with Crippen molar-refractivity contribution in [2.24, 2.45) is 0 Å². The first-order valence-corrected chi connectivity index (χ1v) is 23.1. The van der Waals surface area contributed by atoms with Crippen LogP contribution in [0, 0.1) is 0 Å². The number of fused-ring (bicyclic) bond motifs is 12. The summed E-state index contributed by atoms with van der Waals surface area (Å²) in [7, 11) is -3.55. The lowest BCUT2D eigenvalue weighted by Crippen LogP contribution is -2.42. The molecule has 2 aliphatic rings. The zero-order chi connectivity index (χ0) is 40.1. The zero-order valence-electron chi connectivity index (χ0n) is 33.3. The fraction of sp³-hybridized carbons (Fsp3) is 0.0741. The molecule has 4 nitrogen and oxygen atoms in total. The van der Waals surface area contributed by atoms with Crippen molar-refractivity contribution in [1.82, 2.24) is 4.40 Å². The average molecular weight is 808 g/mol. The van der Waals surface area contributed by atoms with Crippen LogP contribution in [0.2, 0.25) is 0 Å². The molecule has 0 fully saturated rings. The van der Waals surface area contributed by atoms with Crippen LogP contribution in [0.1, 0.15) is 26.3 Å². The summed E-state index contributed by atoms with van der Waals surface area (Å²) in [4.78, 5) is 4.75. The van der Waals surface area contributed by atoms with Crippen LogP contribution in [0.5, 0.6) is 0 Å². The first kappa shape index (κ1) is 34.2. The van der Waals surface area contributed by atoms with Crippen molar-refractivity contribution in [3.8, 4) is 11.1 Å². The van der Waals surface area contributed by atoms with Crippen molar-refractivity contribution in [3.63, 3.8) is 0 Å². The highest BCUT2D eigenvalue weighted by atomic mass is 32.1. The van der Waals surface area contributed by atoms with Crippen LogP contribution in [0.25, 0.3) is 59.3 Å². The number of para-hydroxylation sites is 3. The van der Waals surface area contributed by atoms with E-state index < -0.39 is 7.14 Å². The lowest BCUT2D eigenvalue weighted by Gasteiger charge is -2.43. The van der Waals surface area contributed by atoms with Crippen LogP contribution in [0.4, 0.5) is 34.1 Å². The molecule has 2 aliphatic heterocycles. The monoisotopic (exact) mass is 807 g/mol. The molecule has 11 aromatic rings. The summed E-state index contributed by atoms with van der Waals surface area (Å²) in [5.74, 6) is 0. The van der Waals surface area contributed by atoms with Gasteiger partial charge in [0.05, 0.1) is 49.2 Å². The number of aromatic nitrogens is 1. The van der Waals surface area contributed by atoms with Crippen molar-refractivity contribution in [2.45, 2.75) is 26.2 Å². The normalized spacial score (nSPS) is 16.0. The van der Waals surface area contributed by atoms with Gasteiger partial charge >= 0.3 is 0 Å². The van der Waals surface area contributed by atoms with Gasteiger partial charge in [-0.25, -0.2) is 0 Å². The summed E-state index contributed by atoms with van der Waals surface area (Å²) in [5.41, 5.74) is 13.0. The quantitative estimate of drug-likeness (QED) is 0.166. The highest BCUT2D eigenvalue weighted by molar-refractivity contribution is 7.91. The Labute approximate surface area is 351 Å². The van der Waals surface area contributed by atoms with Gasteiger partial charge in [-0.1, -0.05) is 118 Å². The summed E-state index contributed by atoms with van der Waals surface area (Å²) in [6, 6.07) is 63.3. The third kappa shape index (κ3) is 4.43. The molecule has 1 atom stereocenters. The standard InChI is InChI=1S/C54H38N3OPS/c1-54(2,3)35-29-40-38-22-13-14-23-43(38)57-46-32-48-47(31-39(46)41(30-35)50(40)57)55(36-18-9-5-10-19-36)44-24-15-25-45-52(44)59(48,58)53-51(56(45)37-20-11-6-12-21-37)42-28-34(26-27-49(42)60-53)33-16-7-4-8-17-33/h4-32H,1-3H3. The van der Waals surface area contributed by atoms with Crippen LogP contribution in [0.15, 0.2) is 176 Å². The molecule has 0 bridgehead atoms. The molecule has 0 saturated carbocycles. The number of anilines is 6. The average Bonchev–Trinajstić information content (AvgIpc) is 3.94. The summed E-state index contributed by atoms with van der Waals surface area (Å²) < 4.78 is 22.0. The van der Waals surface area contributed by atoms with Gasteiger partial charge in [0.15, 0.2) is 7.14 Å². The number of nitrogens with zero attached hydrogens (tertiary/aromatic N) is 3. The van der Waals surface area contributed by atoms with Gasteiger partial charge in [0.1, 0.15) is 0 Å². The minimum absolute atomic E-state index is 0.0500. The Kier molecular flexibility index (Phi) is 6.83. The van der Waals surface area contributed by atoms with E-state index in [1.165, 1.54) is 38.1 Å². The Bertz CT molecular complexity index is 3620. The smallest absolute Gasteiger partial charge is 0.188 e. The molecule has 0 saturated heterocycles. The molecular formula is C54H38N3OPS. The first-order chi connectivity index (χ1) is 29.3. The molecule has 60 heavy (non-hydrogen) atoms. The Morgan fingerprint density at radius 1 is 0.500 bits per heavy atom. The van der Waals surface area contributed by atoms with Gasteiger partial charge in [0.2, 0.25) is 0 Å². The zero-order valence-corrected chi connectivity index (χ0v) is 35.1. The van der Waals surface area contributed by atoms with Crippen LogP contribution in [-0.4, -0.2) is 4.40 Å². The van der Waals surface area contributed by atoms with E-state index in [0.29, 0.717) is 0 Å². The molecule has 0 spiro atoms. The third-order valence-corrected chi connectivity index (χ3v) is 17.8. The molecule has 3 aromatic heterocycles. The second-order valence-corrected chi connectivity index (χ2v) is 21.3. The summed E-state index contributed by atoms with van der Waals surface area (Å²) in [6.45, 7) is 6.90. The Hall–Kier alpha value is -6.65. The number of hydrogen-bond donors (Lipinski definition) is 0. The molecule has 8 aromatic carbocycles. The molecule has 5 heterocycles. The van der Waals surface area contributed by atoms with E-state index >= 15 is 4.57 Å². The molecule has 1 unspecified atom stereocenters. The van der Waals surface area contributed by atoms with Crippen molar-refractivity contribution in [1.29, 1.82) is 0 Å². The molecule has 0 radical (unpaired) electrons. The van der Waals surface area contributed by atoms with E-state index in [2.05, 4.69) is 211 Å². The largest absolute Gasteiger partial charge is 0.309 e. The summed E-state index contributed by atoms with van der Waals surface area (Å²) in [5, 5.41) is 7.78. The molecule has 13 rings (SSSR count). The van der Waals surface area contributed by atoms with Crippen LogP contribution in [-0.2, 0) is 9.98 Å². The molecule has 0 aliphatic carbocycles. The van der Waals surface area contributed by atoms with E-state index in [0.717, 1.165) is 76.1 Å². The maximum absolute atomic E-state index is 17.5. The fourth-order valence-corrected chi connectivity index (χ4v) is 15.4. The topological polar surface area (TPSA) is 28.0 Å². The second-order valence-electron chi connectivity index (χ2n) is 17.3. The minimum Gasteiger partial charge on any atom is -0.309 e. The highest BCUT2D eigenvalue weighted by Gasteiger charge is 2.50. The predicted molar refractivity (Wildman–Crippen MR) is 256 cm³/mol. The summed E-state index contributed by atoms with van der Waals surface area (Å²) >= 11 is 1.69. The van der Waals surface area contributed by atoms with Crippen LogP contribution in [0.3, 0.4) is 0 Å². The minimum atomic E-state index is -3.55. The predicted octanol–water partition coefficient (Wildman–Crippen LogP) is 14.2. The van der Waals surface area contributed by atoms with E-state index in [-0.39, 0.29) is 5.41 Å². The number of hydrogen-bond acceptors (Lipinski definition) is 4. The Morgan fingerprint density at radius 2 is 1.13 bits per heavy atom. The first-order valence-electron chi connectivity index (χ1n) is 20.6. The lowest BCUT2D eigenvalue weighted by molar-refractivity contribution is 0.591. The van der Waals surface area contributed by atoms with Gasteiger partial charge in [-0.05, 0) is 101 Å². The SMILES string of the molecule is CC(C)(C)c1cc2c3ccccc3n3c4cc5c(cc4c(c1)c23)N(c1ccccc1)c1cccc2c1P5(=O)c1sc3ccc(-c4ccccc4)cc3c1N2c1ccccc1. The van der Waals surface area contributed by atoms with Gasteiger partial charge in [-0.2, -0.15) is 0 Å². The van der Waals surface area contributed by atoms with Crippen molar-refractivity contribution in [3.05, 3.63) is 181 Å². The fourth-order valence-electron chi connectivity index (χ4n) is 10.2. The van der Waals surface area contributed by atoms with E-state index in [1.54, 1.807) is 11.3 Å². The van der Waals surface area contributed by atoms with Gasteiger partial charge in [0, 0.05) is 48.3 Å². The van der Waals surface area contributed by atoms with Crippen LogP contribution < -0.4 is 25.0 Å². The maximum Gasteiger partial charge on any atom is 0.188 e. The molecule has 286 valence electrons. The van der Waals surface area contributed by atoms with Gasteiger partial charge in [0.25, 0.3) is 0 Å². The van der Waals surface area contributed by atoms with Gasteiger partial charge < -0.3 is 18.8 Å². The highest BCUT2D eigenvalue weighted by Crippen LogP contribution is 2.64. The van der Waals surface area contributed by atoms with Crippen molar-refractivity contribution < 1.29 is 4.57 Å². The van der Waals surface area contributed by atoms with Crippen LogP contribution >= 0.6 is 18.5 Å².